The molecular formula is C9H7BrClN3S. The smallest absolute Gasteiger partial charge is 0.205 e. The van der Waals surface area contributed by atoms with E-state index in [2.05, 4.69) is 31.4 Å². The maximum atomic E-state index is 5.85. The number of aromatic nitrogens is 2. The van der Waals surface area contributed by atoms with Crippen LogP contribution in [0.4, 0.5) is 5.13 Å². The molecule has 2 rings (SSSR count). The van der Waals surface area contributed by atoms with Crippen LogP contribution in [0.5, 0.6) is 0 Å². The Morgan fingerprint density at radius 2 is 2.33 bits per heavy atom. The maximum absolute atomic E-state index is 5.85. The van der Waals surface area contributed by atoms with Crippen molar-refractivity contribution >= 4 is 44.0 Å². The van der Waals surface area contributed by atoms with Gasteiger partial charge in [-0.25, -0.2) is 0 Å². The first-order valence-corrected chi connectivity index (χ1v) is 6.25. The Kier molecular flexibility index (Phi) is 3.56. The number of hydrogen-bond acceptors (Lipinski definition) is 4. The van der Waals surface area contributed by atoms with Crippen molar-refractivity contribution in [3.8, 4) is 0 Å². The van der Waals surface area contributed by atoms with E-state index >= 15 is 0 Å². The highest BCUT2D eigenvalue weighted by molar-refractivity contribution is 9.10. The van der Waals surface area contributed by atoms with Crippen LogP contribution in [0.15, 0.2) is 28.2 Å². The Balaban J connectivity index is 2.05. The first-order valence-electron chi connectivity index (χ1n) is 4.19. The second-order valence-corrected chi connectivity index (χ2v) is 4.96. The fourth-order valence-electron chi connectivity index (χ4n) is 1.09. The summed E-state index contributed by atoms with van der Waals surface area (Å²) in [5, 5.41) is 12.4. The van der Waals surface area contributed by atoms with Gasteiger partial charge < -0.3 is 5.32 Å². The third-order valence-electron chi connectivity index (χ3n) is 1.81. The zero-order chi connectivity index (χ0) is 10.7. The van der Waals surface area contributed by atoms with Gasteiger partial charge in [-0.3, -0.25) is 0 Å². The van der Waals surface area contributed by atoms with Gasteiger partial charge in [0.2, 0.25) is 5.13 Å². The van der Waals surface area contributed by atoms with Crippen LogP contribution in [0.3, 0.4) is 0 Å². The van der Waals surface area contributed by atoms with E-state index in [1.54, 1.807) is 5.51 Å². The molecule has 15 heavy (non-hydrogen) atoms. The van der Waals surface area contributed by atoms with Crippen molar-refractivity contribution in [3.05, 3.63) is 38.8 Å². The largest absolute Gasteiger partial charge is 0.356 e. The molecule has 0 aliphatic carbocycles. The van der Waals surface area contributed by atoms with Crippen LogP contribution < -0.4 is 5.32 Å². The molecule has 0 atom stereocenters. The SMILES string of the molecule is Clc1ccc(CNc2nncs2)c(Br)c1. The van der Waals surface area contributed by atoms with E-state index in [9.17, 15) is 0 Å². The molecule has 78 valence electrons. The molecule has 1 heterocycles. The summed E-state index contributed by atoms with van der Waals surface area (Å²) in [4.78, 5) is 0. The lowest BCUT2D eigenvalue weighted by atomic mass is 10.2. The van der Waals surface area contributed by atoms with Crippen LogP contribution in [-0.2, 0) is 6.54 Å². The summed E-state index contributed by atoms with van der Waals surface area (Å²) < 4.78 is 0.993. The number of hydrogen-bond donors (Lipinski definition) is 1. The second kappa shape index (κ2) is 4.92. The minimum absolute atomic E-state index is 0.701. The fraction of sp³-hybridized carbons (Fsp3) is 0.111. The van der Waals surface area contributed by atoms with Crippen molar-refractivity contribution in [2.45, 2.75) is 6.54 Å². The number of rotatable bonds is 3. The first kappa shape index (κ1) is 10.9. The zero-order valence-corrected chi connectivity index (χ0v) is 10.7. The highest BCUT2D eigenvalue weighted by atomic mass is 79.9. The van der Waals surface area contributed by atoms with E-state index < -0.39 is 0 Å². The van der Waals surface area contributed by atoms with Crippen LogP contribution in [0.25, 0.3) is 0 Å². The van der Waals surface area contributed by atoms with Crippen LogP contribution in [0, 0.1) is 0 Å². The Morgan fingerprint density at radius 1 is 1.47 bits per heavy atom. The van der Waals surface area contributed by atoms with Crippen molar-refractivity contribution in [2.75, 3.05) is 5.32 Å². The van der Waals surface area contributed by atoms with E-state index in [1.165, 1.54) is 11.3 Å². The van der Waals surface area contributed by atoms with Gasteiger partial charge in [-0.05, 0) is 17.7 Å². The van der Waals surface area contributed by atoms with Gasteiger partial charge in [-0.1, -0.05) is 44.9 Å². The van der Waals surface area contributed by atoms with Gasteiger partial charge in [0.1, 0.15) is 5.51 Å². The molecule has 0 radical (unpaired) electrons. The summed E-state index contributed by atoms with van der Waals surface area (Å²) in [5.74, 6) is 0. The lowest BCUT2D eigenvalue weighted by Gasteiger charge is -2.05. The Morgan fingerprint density at radius 3 is 3.00 bits per heavy atom. The zero-order valence-electron chi connectivity index (χ0n) is 7.58. The number of anilines is 1. The van der Waals surface area contributed by atoms with Crippen LogP contribution >= 0.6 is 38.9 Å². The van der Waals surface area contributed by atoms with E-state index in [-0.39, 0.29) is 0 Å². The van der Waals surface area contributed by atoms with Gasteiger partial charge >= 0.3 is 0 Å². The normalized spacial score (nSPS) is 10.3. The van der Waals surface area contributed by atoms with Crippen LogP contribution in [0.2, 0.25) is 5.02 Å². The van der Waals surface area contributed by atoms with Gasteiger partial charge in [0.15, 0.2) is 0 Å². The highest BCUT2D eigenvalue weighted by Crippen LogP contribution is 2.22. The minimum Gasteiger partial charge on any atom is -0.356 e. The Bertz CT molecular complexity index is 447. The fourth-order valence-corrected chi connectivity index (χ4v) is 2.35. The van der Waals surface area contributed by atoms with Crippen molar-refractivity contribution in [3.63, 3.8) is 0 Å². The minimum atomic E-state index is 0.701. The maximum Gasteiger partial charge on any atom is 0.205 e. The number of nitrogens with one attached hydrogen (secondary N) is 1. The van der Waals surface area contributed by atoms with Gasteiger partial charge in [-0.15, -0.1) is 10.2 Å². The molecule has 0 aliphatic rings. The molecule has 0 bridgehead atoms. The molecule has 0 unspecified atom stereocenters. The molecule has 1 N–H and O–H groups in total. The topological polar surface area (TPSA) is 37.8 Å². The third-order valence-corrected chi connectivity index (χ3v) is 3.43. The van der Waals surface area contributed by atoms with Crippen LogP contribution in [-0.4, -0.2) is 10.2 Å². The van der Waals surface area contributed by atoms with Crippen molar-refractivity contribution in [1.82, 2.24) is 10.2 Å². The standard InChI is InChI=1S/C9H7BrClN3S/c10-8-3-7(11)2-1-6(8)4-12-9-14-13-5-15-9/h1-3,5H,4H2,(H,12,14). The molecule has 0 aliphatic heterocycles. The lowest BCUT2D eigenvalue weighted by Crippen LogP contribution is -1.99. The molecule has 1 aromatic carbocycles. The molecular weight excluding hydrogens is 298 g/mol. The summed E-state index contributed by atoms with van der Waals surface area (Å²) in [5.41, 5.74) is 2.83. The lowest BCUT2D eigenvalue weighted by molar-refractivity contribution is 1.05. The first-order chi connectivity index (χ1) is 7.25. The van der Waals surface area contributed by atoms with Gasteiger partial charge in [0, 0.05) is 16.0 Å². The molecule has 0 amide bonds. The van der Waals surface area contributed by atoms with Gasteiger partial charge in [0.25, 0.3) is 0 Å². The molecule has 0 saturated carbocycles. The molecule has 0 saturated heterocycles. The van der Waals surface area contributed by atoms with E-state index in [1.807, 2.05) is 18.2 Å². The summed E-state index contributed by atoms with van der Waals surface area (Å²) in [6, 6.07) is 5.71. The number of halogens is 2. The Labute approximate surface area is 105 Å². The average Bonchev–Trinajstić information content (AvgIpc) is 2.69. The number of nitrogens with zero attached hydrogens (tertiary/aromatic N) is 2. The predicted molar refractivity (Wildman–Crippen MR) is 66.4 cm³/mol. The molecule has 0 fully saturated rings. The summed E-state index contributed by atoms with van der Waals surface area (Å²) >= 11 is 10.8. The Hall–Kier alpha value is -0.650. The molecule has 0 spiro atoms. The highest BCUT2D eigenvalue weighted by Gasteiger charge is 2.01. The monoisotopic (exact) mass is 303 g/mol. The van der Waals surface area contributed by atoms with Gasteiger partial charge in [-0.2, -0.15) is 0 Å². The molecule has 3 nitrogen and oxygen atoms in total. The summed E-state index contributed by atoms with van der Waals surface area (Å²) in [7, 11) is 0. The number of benzene rings is 1. The quantitative estimate of drug-likeness (QED) is 0.942. The van der Waals surface area contributed by atoms with Gasteiger partial charge in [0.05, 0.1) is 0 Å². The van der Waals surface area contributed by atoms with E-state index in [4.69, 9.17) is 11.6 Å². The molecule has 6 heteroatoms. The molecule has 2 aromatic rings. The van der Waals surface area contributed by atoms with E-state index in [0.29, 0.717) is 6.54 Å². The molecule has 1 aromatic heterocycles. The third kappa shape index (κ3) is 2.90. The van der Waals surface area contributed by atoms with E-state index in [0.717, 1.165) is 20.2 Å². The summed E-state index contributed by atoms with van der Waals surface area (Å²) in [6.45, 7) is 0.701. The average molecular weight is 305 g/mol. The predicted octanol–water partition coefficient (Wildman–Crippen LogP) is 3.57. The van der Waals surface area contributed by atoms with Crippen molar-refractivity contribution in [1.29, 1.82) is 0 Å². The van der Waals surface area contributed by atoms with Crippen LogP contribution in [0.1, 0.15) is 5.56 Å². The second-order valence-electron chi connectivity index (χ2n) is 2.83. The van der Waals surface area contributed by atoms with Crippen molar-refractivity contribution < 1.29 is 0 Å². The van der Waals surface area contributed by atoms with Crippen molar-refractivity contribution in [2.24, 2.45) is 0 Å². The summed E-state index contributed by atoms with van der Waals surface area (Å²) in [6.07, 6.45) is 0.